The zero-order chi connectivity index (χ0) is 12.0. The van der Waals surface area contributed by atoms with Crippen molar-refractivity contribution in [2.45, 2.75) is 0 Å². The monoisotopic (exact) mass is 209 g/mol. The summed E-state index contributed by atoms with van der Waals surface area (Å²) in [6, 6.07) is 11.6. The van der Waals surface area contributed by atoms with Crippen LogP contribution in [0.3, 0.4) is 0 Å². The maximum atomic E-state index is 12.2. The number of hydrogen-bond acceptors (Lipinski definition) is 2. The third kappa shape index (κ3) is 1.07. The first-order valence-electron chi connectivity index (χ1n) is 5.48. The molecule has 0 amide bonds. The summed E-state index contributed by atoms with van der Waals surface area (Å²) in [6.45, 7) is 0. The molecule has 0 fully saturated rings. The van der Waals surface area contributed by atoms with Crippen molar-refractivity contribution in [2.24, 2.45) is 0 Å². The van der Waals surface area contributed by atoms with Gasteiger partial charge in [0.15, 0.2) is 11.6 Å². The molecule has 0 N–H and O–H groups in total. The molecule has 0 atom stereocenters. The molecule has 0 heterocycles. The summed E-state index contributed by atoms with van der Waals surface area (Å²) in [5.41, 5.74) is 1.37. The first-order chi connectivity index (χ1) is 8.20. The van der Waals surface area contributed by atoms with Crippen LogP contribution >= 0.6 is 0 Å². The molecular weight excluding hydrogens is 200 g/mol. The highest BCUT2D eigenvalue weighted by molar-refractivity contribution is 6.28. The third-order valence-electron chi connectivity index (χ3n) is 2.74. The summed E-state index contributed by atoms with van der Waals surface area (Å²) >= 11 is 0. The highest BCUT2D eigenvalue weighted by Gasteiger charge is 2.28. The summed E-state index contributed by atoms with van der Waals surface area (Å²) < 4.78 is 7.74. The average molecular weight is 209 g/mol. The van der Waals surface area contributed by atoms with Gasteiger partial charge in [0.2, 0.25) is 0 Å². The molecule has 1 aliphatic rings. The predicted octanol–water partition coefficient (Wildman–Crippen LogP) is 2.46. The van der Waals surface area contributed by atoms with Gasteiger partial charge in [0, 0.05) is 22.3 Å². The van der Waals surface area contributed by atoms with Gasteiger partial charge in [0.25, 0.3) is 0 Å². The van der Waals surface area contributed by atoms with E-state index in [0.29, 0.717) is 16.7 Å². The van der Waals surface area contributed by atoms with E-state index in [0.717, 1.165) is 0 Å². The largest absolute Gasteiger partial charge is 0.289 e. The first kappa shape index (κ1) is 7.99. The lowest BCUT2D eigenvalue weighted by molar-refractivity contribution is 0.0979. The van der Waals surface area contributed by atoms with Crippen molar-refractivity contribution in [3.05, 3.63) is 70.8 Å². The van der Waals surface area contributed by atoms with Crippen molar-refractivity contribution in [3.8, 4) is 0 Å². The van der Waals surface area contributed by atoms with Crippen LogP contribution in [0.15, 0.2) is 48.5 Å². The van der Waals surface area contributed by atoms with E-state index in [9.17, 15) is 9.59 Å². The maximum absolute atomic E-state index is 12.2. The van der Waals surface area contributed by atoms with Gasteiger partial charge in [-0.3, -0.25) is 9.59 Å². The molecule has 0 unspecified atom stereocenters. The van der Waals surface area contributed by atoms with E-state index >= 15 is 0 Å². The standard InChI is InChI=1S/C14H8O2/c15-13-9-5-1-2-6-10(9)14(16)12-8-4-3-7-11(12)13/h1-8H/i5D. The summed E-state index contributed by atoms with van der Waals surface area (Å²) in [7, 11) is 0. The summed E-state index contributed by atoms with van der Waals surface area (Å²) in [5.74, 6) is -0.412. The second kappa shape index (κ2) is 3.14. The summed E-state index contributed by atoms with van der Waals surface area (Å²) in [6.07, 6.45) is 0. The van der Waals surface area contributed by atoms with Gasteiger partial charge in [-0.2, -0.15) is 0 Å². The fourth-order valence-electron chi connectivity index (χ4n) is 1.97. The molecule has 3 rings (SSSR count). The van der Waals surface area contributed by atoms with Gasteiger partial charge in [-0.25, -0.2) is 0 Å². The molecule has 1 aliphatic carbocycles. The Balaban J connectivity index is 2.37. The van der Waals surface area contributed by atoms with Crippen LogP contribution in [-0.4, -0.2) is 11.6 Å². The van der Waals surface area contributed by atoms with Gasteiger partial charge in [0.05, 0.1) is 1.37 Å². The lowest BCUT2D eigenvalue weighted by Crippen LogP contribution is -2.20. The fourth-order valence-corrected chi connectivity index (χ4v) is 1.97. The van der Waals surface area contributed by atoms with Gasteiger partial charge in [0.1, 0.15) is 0 Å². The number of ketones is 2. The molecule has 0 saturated heterocycles. The molecule has 0 radical (unpaired) electrons. The Labute approximate surface area is 93.9 Å². The van der Waals surface area contributed by atoms with Crippen LogP contribution in [0.5, 0.6) is 0 Å². The fraction of sp³-hybridized carbons (Fsp3) is 0. The van der Waals surface area contributed by atoms with Crippen LogP contribution in [0.1, 0.15) is 33.2 Å². The van der Waals surface area contributed by atoms with Gasteiger partial charge in [-0.15, -0.1) is 0 Å². The number of carbonyl (C=O) groups excluding carboxylic acids is 2. The average Bonchev–Trinajstić information content (AvgIpc) is 2.36. The molecule has 16 heavy (non-hydrogen) atoms. The minimum Gasteiger partial charge on any atom is -0.289 e. The molecule has 0 aromatic heterocycles. The Morgan fingerprint density at radius 2 is 1.12 bits per heavy atom. The van der Waals surface area contributed by atoms with Gasteiger partial charge < -0.3 is 0 Å². The van der Waals surface area contributed by atoms with Crippen molar-refractivity contribution in [1.29, 1.82) is 0 Å². The van der Waals surface area contributed by atoms with Crippen LogP contribution in [0.2, 0.25) is 0 Å². The quantitative estimate of drug-likeness (QED) is 0.570. The molecule has 0 aliphatic heterocycles. The van der Waals surface area contributed by atoms with Gasteiger partial charge >= 0.3 is 0 Å². The van der Waals surface area contributed by atoms with E-state index < -0.39 is 0 Å². The molecule has 76 valence electrons. The zero-order valence-corrected chi connectivity index (χ0v) is 8.36. The van der Waals surface area contributed by atoms with Gasteiger partial charge in [-0.05, 0) is 0 Å². The van der Waals surface area contributed by atoms with Crippen molar-refractivity contribution in [3.63, 3.8) is 0 Å². The molecule has 2 nitrogen and oxygen atoms in total. The first-order valence-corrected chi connectivity index (χ1v) is 4.98. The SMILES string of the molecule is [2H]c1cccc2c1C(=O)c1ccccc1C2=O. The smallest absolute Gasteiger partial charge is 0.194 e. The second-order valence-electron chi connectivity index (χ2n) is 3.66. The molecule has 0 spiro atoms. The maximum Gasteiger partial charge on any atom is 0.194 e. The minimum atomic E-state index is -0.235. The van der Waals surface area contributed by atoms with E-state index in [1.807, 2.05) is 0 Å². The normalized spacial score (nSPS) is 14.1. The summed E-state index contributed by atoms with van der Waals surface area (Å²) in [5, 5.41) is 0. The van der Waals surface area contributed by atoms with E-state index in [1.165, 1.54) is 6.07 Å². The second-order valence-corrected chi connectivity index (χ2v) is 3.66. The zero-order valence-electron chi connectivity index (χ0n) is 9.36. The van der Waals surface area contributed by atoms with Crippen LogP contribution in [0.4, 0.5) is 0 Å². The number of carbonyl (C=O) groups is 2. The molecule has 2 heteroatoms. The van der Waals surface area contributed by atoms with Crippen LogP contribution in [-0.2, 0) is 0 Å². The number of fused-ring (bicyclic) bond motifs is 2. The molecular formula is C14H8O2. The van der Waals surface area contributed by atoms with Crippen LogP contribution in [0.25, 0.3) is 0 Å². The van der Waals surface area contributed by atoms with Crippen LogP contribution < -0.4 is 0 Å². The van der Waals surface area contributed by atoms with Crippen molar-refractivity contribution < 1.29 is 11.0 Å². The molecule has 0 saturated carbocycles. The van der Waals surface area contributed by atoms with Crippen molar-refractivity contribution >= 4 is 11.6 Å². The highest BCUT2D eigenvalue weighted by atomic mass is 16.1. The third-order valence-corrected chi connectivity index (χ3v) is 2.74. The van der Waals surface area contributed by atoms with E-state index in [4.69, 9.17) is 1.37 Å². The van der Waals surface area contributed by atoms with Crippen molar-refractivity contribution in [2.75, 3.05) is 0 Å². The van der Waals surface area contributed by atoms with E-state index in [2.05, 4.69) is 0 Å². The highest BCUT2D eigenvalue weighted by Crippen LogP contribution is 2.26. The van der Waals surface area contributed by atoms with Crippen LogP contribution in [0, 0.1) is 0 Å². The molecule has 2 aromatic carbocycles. The Kier molecular flexibility index (Phi) is 1.57. The van der Waals surface area contributed by atoms with Crippen molar-refractivity contribution in [1.82, 2.24) is 0 Å². The Bertz CT molecular complexity index is 659. The Morgan fingerprint density at radius 1 is 0.688 bits per heavy atom. The molecule has 2 aromatic rings. The lowest BCUT2D eigenvalue weighted by atomic mass is 9.84. The number of rotatable bonds is 0. The van der Waals surface area contributed by atoms with E-state index in [-0.39, 0.29) is 23.2 Å². The number of hydrogen-bond donors (Lipinski definition) is 0. The predicted molar refractivity (Wildman–Crippen MR) is 59.7 cm³/mol. The molecule has 0 bridgehead atoms. The summed E-state index contributed by atoms with van der Waals surface area (Å²) in [4.78, 5) is 24.4. The minimum absolute atomic E-state index is 0.107. The van der Waals surface area contributed by atoms with E-state index in [1.54, 1.807) is 36.4 Å². The lowest BCUT2D eigenvalue weighted by Gasteiger charge is -2.16. The Morgan fingerprint density at radius 3 is 1.75 bits per heavy atom. The topological polar surface area (TPSA) is 34.1 Å². The number of benzene rings is 2. The Hall–Kier alpha value is -2.22. The van der Waals surface area contributed by atoms with Gasteiger partial charge in [-0.1, -0.05) is 48.5 Å².